The molecule has 63 heavy (non-hydrogen) atoms. The van der Waals surface area contributed by atoms with Gasteiger partial charge in [-0.2, -0.15) is 0 Å². The zero-order chi connectivity index (χ0) is 46.5. The van der Waals surface area contributed by atoms with Gasteiger partial charge in [-0.15, -0.1) is 0 Å². The van der Waals surface area contributed by atoms with E-state index in [4.69, 9.17) is 23.6 Å². The first-order valence-corrected chi connectivity index (χ1v) is 26.6. The fourth-order valence-corrected chi connectivity index (χ4v) is 7.59. The van der Waals surface area contributed by atoms with Gasteiger partial charge in [0, 0.05) is 12.8 Å². The molecular weight excluding hydrogens is 820 g/mol. The zero-order valence-electron chi connectivity index (χ0n) is 40.1. The van der Waals surface area contributed by atoms with Gasteiger partial charge in [0.15, 0.2) is 6.10 Å². The molecular formula is C51H93O11P. The number of rotatable bonds is 46. The molecule has 11 nitrogen and oxygen atoms in total. The second-order valence-corrected chi connectivity index (χ2v) is 18.7. The second kappa shape index (κ2) is 45.1. The van der Waals surface area contributed by atoms with E-state index in [1.807, 2.05) is 24.3 Å². The molecule has 5 atom stereocenters. The standard InChI is InChI=1S/C51H93O11P/c1-4-6-38-47(53)39-34-30-26-22-18-15-16-20-24-28-32-36-41-51(56)62-49(45-61-63(57,58)60-43-48(54)42-52)44-59-50(55)40-35-31-27-23-19-14-12-10-8-7-9-11-13-17-21-25-29-33-37-46(3)5-2/h15-16,22,24,26,28,34,39,46-49,52-54H,4-14,17-21,23,25,27,29-33,35-38,40-45H2,1-3H3,(H,57,58)/b16-15-,26-22-,28-24-,39-34-/t46?,47-,48+,49-/m1/s1. The number of phosphoric ester groups is 1. The maximum Gasteiger partial charge on any atom is 0.472 e. The van der Waals surface area contributed by atoms with Crippen molar-refractivity contribution in [1.82, 2.24) is 0 Å². The number of phosphoric acid groups is 1. The van der Waals surface area contributed by atoms with Crippen LogP contribution in [-0.4, -0.2) is 76.9 Å². The lowest BCUT2D eigenvalue weighted by atomic mass is 9.99. The van der Waals surface area contributed by atoms with Crippen LogP contribution in [0.2, 0.25) is 0 Å². The van der Waals surface area contributed by atoms with Crippen LogP contribution < -0.4 is 0 Å². The van der Waals surface area contributed by atoms with Gasteiger partial charge in [0.25, 0.3) is 0 Å². The van der Waals surface area contributed by atoms with Crippen LogP contribution in [0.25, 0.3) is 0 Å². The Bertz CT molecular complexity index is 1220. The first-order chi connectivity index (χ1) is 30.5. The molecule has 0 bridgehead atoms. The van der Waals surface area contributed by atoms with E-state index in [0.717, 1.165) is 63.7 Å². The number of aliphatic hydroxyl groups is 3. The van der Waals surface area contributed by atoms with Crippen molar-refractivity contribution < 1.29 is 52.9 Å². The molecule has 0 saturated heterocycles. The van der Waals surface area contributed by atoms with Crippen LogP contribution in [0.4, 0.5) is 0 Å². The summed E-state index contributed by atoms with van der Waals surface area (Å²) in [6.45, 7) is 4.56. The fourth-order valence-electron chi connectivity index (χ4n) is 6.81. The van der Waals surface area contributed by atoms with Gasteiger partial charge in [0.1, 0.15) is 12.7 Å². The lowest BCUT2D eigenvalue weighted by molar-refractivity contribution is -0.161. The van der Waals surface area contributed by atoms with Crippen molar-refractivity contribution in [2.24, 2.45) is 5.92 Å². The fraction of sp³-hybridized carbons (Fsp3) is 0.804. The number of allylic oxidation sites excluding steroid dienone is 7. The third-order valence-corrected chi connectivity index (χ3v) is 12.0. The first-order valence-electron chi connectivity index (χ1n) is 25.1. The molecule has 0 aliphatic rings. The molecule has 4 N–H and O–H groups in total. The number of esters is 2. The molecule has 0 aromatic heterocycles. The Balaban J connectivity index is 4.27. The minimum atomic E-state index is -4.65. The highest BCUT2D eigenvalue weighted by molar-refractivity contribution is 7.47. The van der Waals surface area contributed by atoms with Gasteiger partial charge in [0.05, 0.1) is 25.9 Å². The van der Waals surface area contributed by atoms with E-state index in [1.54, 1.807) is 0 Å². The molecule has 0 heterocycles. The highest BCUT2D eigenvalue weighted by Crippen LogP contribution is 2.43. The third-order valence-electron chi connectivity index (χ3n) is 11.1. The van der Waals surface area contributed by atoms with Crippen molar-refractivity contribution >= 4 is 19.8 Å². The number of hydrogen-bond donors (Lipinski definition) is 4. The number of unbranched alkanes of at least 4 members (excludes halogenated alkanes) is 19. The van der Waals surface area contributed by atoms with Gasteiger partial charge in [-0.25, -0.2) is 4.57 Å². The van der Waals surface area contributed by atoms with E-state index in [0.29, 0.717) is 19.3 Å². The quantitative estimate of drug-likeness (QED) is 0.0198. The van der Waals surface area contributed by atoms with Crippen LogP contribution in [0.1, 0.15) is 213 Å². The Morgan fingerprint density at radius 2 is 1.05 bits per heavy atom. The maximum atomic E-state index is 12.6. The summed E-state index contributed by atoms with van der Waals surface area (Å²) in [7, 11) is -4.65. The van der Waals surface area contributed by atoms with Crippen LogP contribution in [0, 0.1) is 5.92 Å². The minimum Gasteiger partial charge on any atom is -0.462 e. The number of hydrogen-bond acceptors (Lipinski definition) is 10. The lowest BCUT2D eigenvalue weighted by Crippen LogP contribution is -2.29. The predicted molar refractivity (Wildman–Crippen MR) is 257 cm³/mol. The first kappa shape index (κ1) is 60.9. The largest absolute Gasteiger partial charge is 0.472 e. The van der Waals surface area contributed by atoms with E-state index in [-0.39, 0.29) is 25.6 Å². The van der Waals surface area contributed by atoms with Gasteiger partial charge in [-0.3, -0.25) is 18.6 Å². The Morgan fingerprint density at radius 1 is 0.571 bits per heavy atom. The Kier molecular flexibility index (Phi) is 43.6. The summed E-state index contributed by atoms with van der Waals surface area (Å²) in [6.07, 6.45) is 45.6. The van der Waals surface area contributed by atoms with Gasteiger partial charge < -0.3 is 29.7 Å². The van der Waals surface area contributed by atoms with Crippen molar-refractivity contribution in [2.75, 3.05) is 26.4 Å². The van der Waals surface area contributed by atoms with E-state index >= 15 is 0 Å². The Labute approximate surface area is 384 Å². The normalized spacial score (nSPS) is 15.1. The van der Waals surface area contributed by atoms with Crippen LogP contribution >= 0.6 is 7.82 Å². The zero-order valence-corrected chi connectivity index (χ0v) is 41.0. The summed E-state index contributed by atoms with van der Waals surface area (Å²) < 4.78 is 32.7. The molecule has 0 saturated carbocycles. The van der Waals surface area contributed by atoms with Crippen LogP contribution in [0.3, 0.4) is 0 Å². The number of ether oxygens (including phenoxy) is 2. The SMILES string of the molecule is CCCC[C@@H](O)/C=C\C/C=C\C/C=C\C/C=C\CCCC(=O)O[C@H](COC(=O)CCCCCCCCCCCCCCCCCCCCC(C)CC)COP(=O)(O)OC[C@@H](O)CO. The molecule has 0 spiro atoms. The van der Waals surface area contributed by atoms with Crippen molar-refractivity contribution in [3.8, 4) is 0 Å². The van der Waals surface area contributed by atoms with Crippen LogP contribution in [0.15, 0.2) is 48.6 Å². The van der Waals surface area contributed by atoms with Crippen molar-refractivity contribution in [1.29, 1.82) is 0 Å². The molecule has 0 amide bonds. The summed E-state index contributed by atoms with van der Waals surface area (Å²) in [5, 5.41) is 28.2. The molecule has 2 unspecified atom stereocenters. The van der Waals surface area contributed by atoms with E-state index in [2.05, 4.69) is 45.1 Å². The lowest BCUT2D eigenvalue weighted by Gasteiger charge is -2.20. The van der Waals surface area contributed by atoms with Gasteiger partial charge in [-0.05, 0) is 50.9 Å². The molecule has 0 radical (unpaired) electrons. The summed E-state index contributed by atoms with van der Waals surface area (Å²) in [4.78, 5) is 35.1. The van der Waals surface area contributed by atoms with Gasteiger partial charge in [-0.1, -0.05) is 204 Å². The minimum absolute atomic E-state index is 0.0918. The van der Waals surface area contributed by atoms with Crippen LogP contribution in [-0.2, 0) is 32.7 Å². The summed E-state index contributed by atoms with van der Waals surface area (Å²) in [6, 6.07) is 0. The number of aliphatic hydroxyl groups excluding tert-OH is 3. The monoisotopic (exact) mass is 913 g/mol. The molecule has 0 fully saturated rings. The highest BCUT2D eigenvalue weighted by Gasteiger charge is 2.27. The van der Waals surface area contributed by atoms with Gasteiger partial charge in [0.2, 0.25) is 0 Å². The Morgan fingerprint density at radius 3 is 1.57 bits per heavy atom. The van der Waals surface area contributed by atoms with Crippen molar-refractivity contribution in [3.05, 3.63) is 48.6 Å². The smallest absolute Gasteiger partial charge is 0.462 e. The average Bonchev–Trinajstić information content (AvgIpc) is 3.27. The van der Waals surface area contributed by atoms with E-state index in [9.17, 15) is 29.3 Å². The molecule has 0 aliphatic carbocycles. The van der Waals surface area contributed by atoms with E-state index < -0.39 is 51.8 Å². The van der Waals surface area contributed by atoms with Crippen LogP contribution in [0.5, 0.6) is 0 Å². The number of carbonyl (C=O) groups is 2. The predicted octanol–water partition coefficient (Wildman–Crippen LogP) is 12.9. The Hall–Kier alpha value is -2.11. The van der Waals surface area contributed by atoms with Gasteiger partial charge >= 0.3 is 19.8 Å². The molecule has 368 valence electrons. The number of carbonyl (C=O) groups excluding carboxylic acids is 2. The summed E-state index contributed by atoms with van der Waals surface area (Å²) in [5.74, 6) is -0.117. The summed E-state index contributed by atoms with van der Waals surface area (Å²) in [5.41, 5.74) is 0. The second-order valence-electron chi connectivity index (χ2n) is 17.3. The maximum absolute atomic E-state index is 12.6. The highest BCUT2D eigenvalue weighted by atomic mass is 31.2. The van der Waals surface area contributed by atoms with Crippen molar-refractivity contribution in [2.45, 2.75) is 232 Å². The third kappa shape index (κ3) is 44.9. The molecule has 12 heteroatoms. The average molecular weight is 913 g/mol. The molecule has 0 aromatic carbocycles. The topological polar surface area (TPSA) is 169 Å². The molecule has 0 aliphatic heterocycles. The molecule has 0 rings (SSSR count). The van der Waals surface area contributed by atoms with E-state index in [1.165, 1.54) is 103 Å². The van der Waals surface area contributed by atoms with Crippen molar-refractivity contribution in [3.63, 3.8) is 0 Å². The molecule has 0 aromatic rings. The summed E-state index contributed by atoms with van der Waals surface area (Å²) >= 11 is 0.